The Balaban J connectivity index is 2.53. The summed E-state index contributed by atoms with van der Waals surface area (Å²) in [6.45, 7) is 2.15. The summed E-state index contributed by atoms with van der Waals surface area (Å²) in [5.74, 6) is 0. The molecule has 0 bridgehead atoms. The van der Waals surface area contributed by atoms with Crippen LogP contribution in [-0.4, -0.2) is 25.8 Å². The van der Waals surface area contributed by atoms with Crippen LogP contribution in [0.15, 0.2) is 48.5 Å². The van der Waals surface area contributed by atoms with Crippen molar-refractivity contribution in [3.63, 3.8) is 0 Å². The molecule has 0 spiro atoms. The van der Waals surface area contributed by atoms with Crippen molar-refractivity contribution in [1.82, 2.24) is 0 Å². The Morgan fingerprint density at radius 1 is 0.929 bits per heavy atom. The molecule has 1 heteroatoms. The Hall–Kier alpha value is -0.638. The second kappa shape index (κ2) is 4.26. The van der Waals surface area contributed by atoms with Crippen molar-refractivity contribution in [2.24, 2.45) is 0 Å². The van der Waals surface area contributed by atoms with Gasteiger partial charge in [-0.05, 0) is 0 Å². The molecule has 0 unspecified atom stereocenters. The standard InChI is InChI=1S/C13H11.Pb/c1-11-7-9-13(10-8-11)12-5-3-2-4-6-12;/h2-9H,1H3;. The second-order valence-corrected chi connectivity index (χ2v) is 5.51. The van der Waals surface area contributed by atoms with Crippen molar-refractivity contribution in [2.75, 3.05) is 0 Å². The van der Waals surface area contributed by atoms with Gasteiger partial charge >= 0.3 is 101 Å². The van der Waals surface area contributed by atoms with Crippen molar-refractivity contribution in [3.8, 4) is 11.1 Å². The first-order valence-corrected chi connectivity index (χ1v) is 6.59. The SMILES string of the molecule is Cc1ccc(-c2ccccc2)[c]([Pb])c1. The monoisotopic (exact) mass is 375 g/mol. The molecule has 0 saturated heterocycles. The molecule has 0 nitrogen and oxygen atoms in total. The molecule has 0 heterocycles. The summed E-state index contributed by atoms with van der Waals surface area (Å²) in [4.78, 5) is 0. The maximum atomic E-state index is 2.29. The van der Waals surface area contributed by atoms with Gasteiger partial charge in [-0.15, -0.1) is 0 Å². The molecular formula is C13H11Pb. The summed E-state index contributed by atoms with van der Waals surface area (Å²) < 4.78 is 1.48. The van der Waals surface area contributed by atoms with E-state index in [2.05, 4.69) is 55.5 Å². The Labute approximate surface area is 101 Å². The Morgan fingerprint density at radius 2 is 1.64 bits per heavy atom. The van der Waals surface area contributed by atoms with E-state index in [0.717, 1.165) is 25.8 Å². The molecule has 0 aliphatic carbocycles. The number of benzene rings is 2. The van der Waals surface area contributed by atoms with Crippen LogP contribution in [0.2, 0.25) is 0 Å². The zero-order valence-electron chi connectivity index (χ0n) is 8.12. The molecule has 0 amide bonds. The van der Waals surface area contributed by atoms with E-state index in [4.69, 9.17) is 0 Å². The fourth-order valence-electron chi connectivity index (χ4n) is 1.53. The summed E-state index contributed by atoms with van der Waals surface area (Å²) in [5, 5.41) is 0. The van der Waals surface area contributed by atoms with Gasteiger partial charge in [0.1, 0.15) is 0 Å². The van der Waals surface area contributed by atoms with Crippen LogP contribution in [0.5, 0.6) is 0 Å². The van der Waals surface area contributed by atoms with Gasteiger partial charge in [-0.25, -0.2) is 0 Å². The second-order valence-electron chi connectivity index (χ2n) is 3.42. The molecule has 67 valence electrons. The van der Waals surface area contributed by atoms with Crippen LogP contribution in [0.3, 0.4) is 0 Å². The molecule has 2 rings (SSSR count). The van der Waals surface area contributed by atoms with Gasteiger partial charge in [0, 0.05) is 0 Å². The average molecular weight is 374 g/mol. The molecule has 0 aliphatic heterocycles. The predicted octanol–water partition coefficient (Wildman–Crippen LogP) is 2.46. The first kappa shape index (κ1) is 9.90. The molecular weight excluding hydrogens is 363 g/mol. The van der Waals surface area contributed by atoms with E-state index in [9.17, 15) is 0 Å². The Bertz CT molecular complexity index is 432. The van der Waals surface area contributed by atoms with E-state index >= 15 is 0 Å². The van der Waals surface area contributed by atoms with Crippen LogP contribution in [0.1, 0.15) is 5.56 Å². The zero-order chi connectivity index (χ0) is 9.97. The van der Waals surface area contributed by atoms with E-state index in [1.165, 1.54) is 19.8 Å². The van der Waals surface area contributed by atoms with Crippen molar-refractivity contribution in [3.05, 3.63) is 54.1 Å². The van der Waals surface area contributed by atoms with Crippen LogP contribution in [0.4, 0.5) is 0 Å². The predicted molar refractivity (Wildman–Crippen MR) is 62.0 cm³/mol. The van der Waals surface area contributed by atoms with E-state index in [-0.39, 0.29) is 0 Å². The van der Waals surface area contributed by atoms with Crippen LogP contribution in [0.25, 0.3) is 11.1 Å². The average Bonchev–Trinajstić information content (AvgIpc) is 2.19. The zero-order valence-corrected chi connectivity index (χ0v) is 12.0. The van der Waals surface area contributed by atoms with Crippen molar-refractivity contribution in [1.29, 1.82) is 0 Å². The van der Waals surface area contributed by atoms with E-state index in [1.54, 1.807) is 0 Å². The molecule has 0 aliphatic rings. The number of hydrogen-bond donors (Lipinski definition) is 0. The molecule has 0 atom stereocenters. The van der Waals surface area contributed by atoms with E-state index in [1.807, 2.05) is 0 Å². The molecule has 2 aromatic carbocycles. The van der Waals surface area contributed by atoms with Gasteiger partial charge in [-0.2, -0.15) is 0 Å². The Kier molecular flexibility index (Phi) is 3.01. The summed E-state index contributed by atoms with van der Waals surface area (Å²) in [5.41, 5.74) is 4.08. The van der Waals surface area contributed by atoms with Crippen molar-refractivity contribution < 1.29 is 0 Å². The first-order chi connectivity index (χ1) is 6.77. The van der Waals surface area contributed by atoms with Crippen LogP contribution in [0, 0.1) is 6.92 Å². The molecule has 0 fully saturated rings. The van der Waals surface area contributed by atoms with Crippen molar-refractivity contribution >= 4 is 28.9 Å². The van der Waals surface area contributed by atoms with Crippen LogP contribution < -0.4 is 3.12 Å². The molecule has 0 aromatic heterocycles. The van der Waals surface area contributed by atoms with Crippen molar-refractivity contribution in [2.45, 2.75) is 6.92 Å². The van der Waals surface area contributed by atoms with E-state index in [0.29, 0.717) is 0 Å². The number of hydrogen-bond acceptors (Lipinski definition) is 0. The third-order valence-electron chi connectivity index (χ3n) is 2.26. The number of aryl methyl sites for hydroxylation is 1. The topological polar surface area (TPSA) is 0 Å². The maximum absolute atomic E-state index is 2.29. The quantitative estimate of drug-likeness (QED) is 0.673. The third-order valence-corrected chi connectivity index (χ3v) is 3.87. The summed E-state index contributed by atoms with van der Waals surface area (Å²) in [7, 11) is 0. The van der Waals surface area contributed by atoms with Gasteiger partial charge in [0.25, 0.3) is 0 Å². The fraction of sp³-hybridized carbons (Fsp3) is 0.0769. The van der Waals surface area contributed by atoms with Gasteiger partial charge < -0.3 is 0 Å². The molecule has 14 heavy (non-hydrogen) atoms. The number of rotatable bonds is 1. The molecule has 0 saturated carbocycles. The van der Waals surface area contributed by atoms with Crippen LogP contribution in [-0.2, 0) is 0 Å². The fourth-order valence-corrected chi connectivity index (χ4v) is 3.30. The summed E-state index contributed by atoms with van der Waals surface area (Å²) in [6.07, 6.45) is 0. The van der Waals surface area contributed by atoms with Crippen LogP contribution >= 0.6 is 0 Å². The van der Waals surface area contributed by atoms with Gasteiger partial charge in [-0.3, -0.25) is 0 Å². The first-order valence-electron chi connectivity index (χ1n) is 4.65. The normalized spacial score (nSPS) is 10.1. The minimum absolute atomic E-state index is 1.11. The molecule has 0 N–H and O–H groups in total. The third kappa shape index (κ3) is 2.06. The van der Waals surface area contributed by atoms with E-state index < -0.39 is 0 Å². The van der Waals surface area contributed by atoms with Gasteiger partial charge in [-0.1, -0.05) is 0 Å². The minimum atomic E-state index is 1.11. The van der Waals surface area contributed by atoms with Gasteiger partial charge in [0.15, 0.2) is 0 Å². The summed E-state index contributed by atoms with van der Waals surface area (Å²) >= 11 is 1.11. The Morgan fingerprint density at radius 3 is 2.29 bits per heavy atom. The molecule has 3 radical (unpaired) electrons. The van der Waals surface area contributed by atoms with Gasteiger partial charge in [0.05, 0.1) is 0 Å². The summed E-state index contributed by atoms with van der Waals surface area (Å²) in [6, 6.07) is 17.3. The molecule has 2 aromatic rings. The van der Waals surface area contributed by atoms with Gasteiger partial charge in [0.2, 0.25) is 0 Å².